The van der Waals surface area contributed by atoms with Gasteiger partial charge in [-0.3, -0.25) is 0 Å². The Morgan fingerprint density at radius 2 is 1.83 bits per heavy atom. The van der Waals surface area contributed by atoms with Crippen LogP contribution in [0.25, 0.3) is 0 Å². The van der Waals surface area contributed by atoms with Gasteiger partial charge in [-0.2, -0.15) is 0 Å². The predicted molar refractivity (Wildman–Crippen MR) is 90.8 cm³/mol. The highest BCUT2D eigenvalue weighted by Crippen LogP contribution is 2.36. The number of rotatable bonds is 8. The Kier molecular flexibility index (Phi) is 7.73. The summed E-state index contributed by atoms with van der Waals surface area (Å²) in [5.41, 5.74) is 2.63. The molecule has 0 aromatic heterocycles. The van der Waals surface area contributed by atoms with Crippen LogP contribution in [0.1, 0.15) is 62.5 Å². The van der Waals surface area contributed by atoms with Crippen molar-refractivity contribution in [3.63, 3.8) is 0 Å². The van der Waals surface area contributed by atoms with Crippen LogP contribution in [-0.2, 0) is 11.3 Å². The zero-order valence-corrected chi connectivity index (χ0v) is 14.0. The minimum Gasteiger partial charge on any atom is -0.377 e. The highest BCUT2D eigenvalue weighted by atomic mass is 19.3. The van der Waals surface area contributed by atoms with E-state index in [1.165, 1.54) is 11.1 Å². The second-order valence-electron chi connectivity index (χ2n) is 6.46. The van der Waals surface area contributed by atoms with Crippen molar-refractivity contribution in [2.45, 2.75) is 64.4 Å². The molecule has 0 spiro atoms. The lowest BCUT2D eigenvalue weighted by Crippen LogP contribution is -2.11. The fourth-order valence-electron chi connectivity index (χ4n) is 3.24. The van der Waals surface area contributed by atoms with Gasteiger partial charge in [0.05, 0.1) is 6.61 Å². The lowest BCUT2D eigenvalue weighted by molar-refractivity contribution is 0.121. The molecule has 0 aliphatic heterocycles. The zero-order chi connectivity index (χ0) is 16.5. The van der Waals surface area contributed by atoms with Crippen molar-refractivity contribution in [3.8, 4) is 0 Å². The van der Waals surface area contributed by atoms with Gasteiger partial charge >= 0.3 is 0 Å². The maximum absolute atomic E-state index is 12.1. The normalized spacial score (nSPS) is 22.1. The SMILES string of the molecule is CCCOCc1ccc([C@H]2CC[C@H](C=CCC(F)F)CC2)cc1. The van der Waals surface area contributed by atoms with Crippen LogP contribution < -0.4 is 0 Å². The second kappa shape index (κ2) is 9.82. The molecule has 3 heteroatoms. The van der Waals surface area contributed by atoms with Crippen LogP contribution in [0.3, 0.4) is 0 Å². The van der Waals surface area contributed by atoms with Crippen LogP contribution in [0, 0.1) is 5.92 Å². The van der Waals surface area contributed by atoms with Gasteiger partial charge in [-0.05, 0) is 55.1 Å². The molecule has 0 bridgehead atoms. The number of hydrogen-bond acceptors (Lipinski definition) is 1. The van der Waals surface area contributed by atoms with Gasteiger partial charge in [0.1, 0.15) is 0 Å². The van der Waals surface area contributed by atoms with E-state index in [0.29, 0.717) is 18.4 Å². The Morgan fingerprint density at radius 1 is 1.13 bits per heavy atom. The quantitative estimate of drug-likeness (QED) is 0.415. The van der Waals surface area contributed by atoms with E-state index in [1.54, 1.807) is 6.08 Å². The lowest BCUT2D eigenvalue weighted by Gasteiger charge is -2.27. The molecule has 0 amide bonds. The van der Waals surface area contributed by atoms with Gasteiger partial charge < -0.3 is 4.74 Å². The lowest BCUT2D eigenvalue weighted by atomic mass is 9.78. The van der Waals surface area contributed by atoms with E-state index in [-0.39, 0.29) is 6.42 Å². The van der Waals surface area contributed by atoms with Crippen molar-refractivity contribution in [3.05, 3.63) is 47.5 Å². The molecule has 0 N–H and O–H groups in total. The molecule has 128 valence electrons. The van der Waals surface area contributed by atoms with Crippen LogP contribution >= 0.6 is 0 Å². The molecule has 0 heterocycles. The molecule has 0 radical (unpaired) electrons. The van der Waals surface area contributed by atoms with Crippen molar-refractivity contribution in [2.24, 2.45) is 5.92 Å². The number of halogens is 2. The number of ether oxygens (including phenoxy) is 1. The van der Waals surface area contributed by atoms with Crippen LogP contribution in [0.4, 0.5) is 8.78 Å². The third-order valence-corrected chi connectivity index (χ3v) is 4.56. The van der Waals surface area contributed by atoms with E-state index in [0.717, 1.165) is 38.7 Å². The molecule has 0 saturated heterocycles. The monoisotopic (exact) mass is 322 g/mol. The summed E-state index contributed by atoms with van der Waals surface area (Å²) in [6.45, 7) is 3.61. The largest absolute Gasteiger partial charge is 0.377 e. The molecule has 1 aromatic carbocycles. The number of hydrogen-bond donors (Lipinski definition) is 0. The van der Waals surface area contributed by atoms with Gasteiger partial charge in [0, 0.05) is 13.0 Å². The first kappa shape index (κ1) is 18.1. The maximum atomic E-state index is 12.1. The van der Waals surface area contributed by atoms with Gasteiger partial charge in [0.2, 0.25) is 6.43 Å². The third kappa shape index (κ3) is 6.42. The average molecular weight is 322 g/mol. The fraction of sp³-hybridized carbons (Fsp3) is 0.600. The maximum Gasteiger partial charge on any atom is 0.242 e. The first-order valence-electron chi connectivity index (χ1n) is 8.80. The first-order chi connectivity index (χ1) is 11.2. The molecule has 0 unspecified atom stereocenters. The molecule has 1 aromatic rings. The number of benzene rings is 1. The molecule has 0 atom stereocenters. The van der Waals surface area contributed by atoms with Gasteiger partial charge in [0.15, 0.2) is 0 Å². The summed E-state index contributed by atoms with van der Waals surface area (Å²) >= 11 is 0. The Morgan fingerprint density at radius 3 is 2.43 bits per heavy atom. The van der Waals surface area contributed by atoms with E-state index in [1.807, 2.05) is 6.08 Å². The minimum atomic E-state index is -2.22. The third-order valence-electron chi connectivity index (χ3n) is 4.56. The first-order valence-corrected chi connectivity index (χ1v) is 8.80. The number of allylic oxidation sites excluding steroid dienone is 2. The van der Waals surface area contributed by atoms with Crippen molar-refractivity contribution in [1.82, 2.24) is 0 Å². The summed E-state index contributed by atoms with van der Waals surface area (Å²) in [6, 6.07) is 8.78. The van der Waals surface area contributed by atoms with Crippen molar-refractivity contribution >= 4 is 0 Å². The van der Waals surface area contributed by atoms with Crippen LogP contribution in [0.2, 0.25) is 0 Å². The standard InChI is InChI=1S/C20H28F2O/c1-2-14-23-15-17-8-12-19(13-9-17)18-10-6-16(7-11-18)4-3-5-20(21)22/h3-4,8-9,12-13,16,18,20H,2,5-7,10-11,14-15H2,1H3/t16-,18-. The fourth-order valence-corrected chi connectivity index (χ4v) is 3.24. The summed E-state index contributed by atoms with van der Waals surface area (Å²) in [6.07, 6.45) is 6.87. The molecule has 1 aliphatic rings. The van der Waals surface area contributed by atoms with Crippen molar-refractivity contribution < 1.29 is 13.5 Å². The average Bonchev–Trinajstić information content (AvgIpc) is 2.56. The summed E-state index contributed by atoms with van der Waals surface area (Å²) in [7, 11) is 0. The zero-order valence-electron chi connectivity index (χ0n) is 14.0. The molecule has 1 aliphatic carbocycles. The molecule has 1 nitrogen and oxygen atoms in total. The molecular weight excluding hydrogens is 294 g/mol. The Hall–Kier alpha value is -1.22. The van der Waals surface area contributed by atoms with E-state index < -0.39 is 6.43 Å². The van der Waals surface area contributed by atoms with Crippen LogP contribution in [-0.4, -0.2) is 13.0 Å². The summed E-state index contributed by atoms with van der Waals surface area (Å²) in [5, 5.41) is 0. The van der Waals surface area contributed by atoms with E-state index in [2.05, 4.69) is 31.2 Å². The van der Waals surface area contributed by atoms with E-state index in [4.69, 9.17) is 4.74 Å². The van der Waals surface area contributed by atoms with Gasteiger partial charge in [0.25, 0.3) is 0 Å². The molecular formula is C20H28F2O. The topological polar surface area (TPSA) is 9.23 Å². The molecule has 23 heavy (non-hydrogen) atoms. The van der Waals surface area contributed by atoms with Crippen molar-refractivity contribution in [2.75, 3.05) is 6.61 Å². The van der Waals surface area contributed by atoms with E-state index >= 15 is 0 Å². The smallest absolute Gasteiger partial charge is 0.242 e. The van der Waals surface area contributed by atoms with Crippen molar-refractivity contribution in [1.29, 1.82) is 0 Å². The highest BCUT2D eigenvalue weighted by molar-refractivity contribution is 5.25. The van der Waals surface area contributed by atoms with Gasteiger partial charge in [-0.1, -0.05) is 43.3 Å². The van der Waals surface area contributed by atoms with Crippen LogP contribution in [0.15, 0.2) is 36.4 Å². The molecule has 1 fully saturated rings. The van der Waals surface area contributed by atoms with Crippen LogP contribution in [0.5, 0.6) is 0 Å². The minimum absolute atomic E-state index is 0.110. The Balaban J connectivity index is 1.77. The van der Waals surface area contributed by atoms with Gasteiger partial charge in [-0.15, -0.1) is 0 Å². The predicted octanol–water partition coefficient (Wildman–Crippen LogP) is 6.10. The summed E-state index contributed by atoms with van der Waals surface area (Å²) in [5.74, 6) is 1.09. The second-order valence-corrected chi connectivity index (χ2v) is 6.46. The Labute approximate surface area is 138 Å². The number of alkyl halides is 2. The highest BCUT2D eigenvalue weighted by Gasteiger charge is 2.20. The van der Waals surface area contributed by atoms with Gasteiger partial charge in [-0.25, -0.2) is 8.78 Å². The van der Waals surface area contributed by atoms with E-state index in [9.17, 15) is 8.78 Å². The molecule has 1 saturated carbocycles. The summed E-state index contributed by atoms with van der Waals surface area (Å²) < 4.78 is 29.8. The summed E-state index contributed by atoms with van der Waals surface area (Å²) in [4.78, 5) is 0. The molecule has 2 rings (SSSR count). The Bertz CT molecular complexity index is 459.